The number of benzene rings is 1. The third kappa shape index (κ3) is 2.34. The maximum atomic E-state index is 13.2. The summed E-state index contributed by atoms with van der Waals surface area (Å²) < 4.78 is 20.2. The third-order valence-corrected chi connectivity index (χ3v) is 2.77. The van der Waals surface area contributed by atoms with Crippen LogP contribution in [0.2, 0.25) is 0 Å². The summed E-state index contributed by atoms with van der Waals surface area (Å²) >= 11 is 3.16. The van der Waals surface area contributed by atoms with E-state index >= 15 is 0 Å². The Hall–Kier alpha value is -2.22. The summed E-state index contributed by atoms with van der Waals surface area (Å²) in [7, 11) is 0. The van der Waals surface area contributed by atoms with Crippen LogP contribution in [0, 0.1) is 5.82 Å². The monoisotopic (exact) mass is 324 g/mol. The second-order valence-corrected chi connectivity index (χ2v) is 4.59. The van der Waals surface area contributed by atoms with Crippen LogP contribution in [0.3, 0.4) is 0 Å². The van der Waals surface area contributed by atoms with Gasteiger partial charge in [0, 0.05) is 16.6 Å². The number of aromatic amines is 1. The zero-order chi connectivity index (χ0) is 13.4. The van der Waals surface area contributed by atoms with Crippen LogP contribution < -0.4 is 10.4 Å². The van der Waals surface area contributed by atoms with E-state index in [1.807, 2.05) is 0 Å². The van der Waals surface area contributed by atoms with Crippen molar-refractivity contribution in [3.05, 3.63) is 51.1 Å². The van der Waals surface area contributed by atoms with Gasteiger partial charge < -0.3 is 4.74 Å². The number of nitrogens with one attached hydrogen (secondary N) is 1. The Morgan fingerprint density at radius 1 is 1.32 bits per heavy atom. The number of halogens is 2. The van der Waals surface area contributed by atoms with Crippen LogP contribution in [0.4, 0.5) is 4.39 Å². The highest BCUT2D eigenvalue weighted by Crippen LogP contribution is 2.24. The summed E-state index contributed by atoms with van der Waals surface area (Å²) in [5.41, 5.74) is -0.0985. The first-order valence-electron chi connectivity index (χ1n) is 5.20. The Bertz CT molecular complexity index is 794. The summed E-state index contributed by atoms with van der Waals surface area (Å²) in [6.07, 6.45) is 0. The fourth-order valence-corrected chi connectivity index (χ4v) is 1.99. The summed E-state index contributed by atoms with van der Waals surface area (Å²) in [5.74, 6) is -0.00491. The minimum Gasteiger partial charge on any atom is -0.437 e. The summed E-state index contributed by atoms with van der Waals surface area (Å²) in [5, 5.41) is 9.93. The molecule has 2 aromatic heterocycles. The van der Waals surface area contributed by atoms with E-state index in [-0.39, 0.29) is 11.6 Å². The number of hydrogen-bond acceptors (Lipinski definition) is 4. The highest BCUT2D eigenvalue weighted by Gasteiger charge is 2.06. The molecule has 0 fully saturated rings. The first-order chi connectivity index (χ1) is 9.11. The van der Waals surface area contributed by atoms with Gasteiger partial charge in [-0.2, -0.15) is 9.61 Å². The number of fused-ring (bicyclic) bond motifs is 1. The molecule has 0 radical (unpaired) electrons. The lowest BCUT2D eigenvalue weighted by Crippen LogP contribution is -2.12. The average molecular weight is 325 g/mol. The summed E-state index contributed by atoms with van der Waals surface area (Å²) in [6, 6.07) is 7.22. The van der Waals surface area contributed by atoms with Gasteiger partial charge in [0.15, 0.2) is 5.65 Å². The lowest BCUT2D eigenvalue weighted by Gasteiger charge is -2.05. The molecule has 3 aromatic rings. The van der Waals surface area contributed by atoms with Gasteiger partial charge in [-0.3, -0.25) is 0 Å². The molecule has 0 saturated carbocycles. The number of aromatic nitrogens is 4. The van der Waals surface area contributed by atoms with E-state index in [0.717, 1.165) is 4.52 Å². The van der Waals surface area contributed by atoms with Gasteiger partial charge in [0.1, 0.15) is 11.6 Å². The fraction of sp³-hybridized carbons (Fsp3) is 0. The predicted molar refractivity (Wildman–Crippen MR) is 67.8 cm³/mol. The van der Waals surface area contributed by atoms with Crippen molar-refractivity contribution >= 4 is 21.6 Å². The summed E-state index contributed by atoms with van der Waals surface area (Å²) in [6.45, 7) is 0. The normalized spacial score (nSPS) is 10.8. The average Bonchev–Trinajstić information content (AvgIpc) is 2.70. The van der Waals surface area contributed by atoms with Crippen LogP contribution in [0.25, 0.3) is 5.65 Å². The van der Waals surface area contributed by atoms with Crippen molar-refractivity contribution in [1.82, 2.24) is 19.8 Å². The molecule has 96 valence electrons. The van der Waals surface area contributed by atoms with E-state index in [1.54, 1.807) is 12.1 Å². The van der Waals surface area contributed by atoms with Gasteiger partial charge in [-0.05, 0) is 18.2 Å². The molecule has 19 heavy (non-hydrogen) atoms. The maximum absolute atomic E-state index is 13.2. The van der Waals surface area contributed by atoms with Gasteiger partial charge in [-0.15, -0.1) is 5.10 Å². The van der Waals surface area contributed by atoms with Gasteiger partial charge in [-0.1, -0.05) is 15.9 Å². The molecule has 0 aliphatic carbocycles. The van der Waals surface area contributed by atoms with E-state index in [2.05, 4.69) is 31.2 Å². The molecule has 1 N–H and O–H groups in total. The minimum atomic E-state index is -0.471. The summed E-state index contributed by atoms with van der Waals surface area (Å²) in [4.78, 5) is 11.4. The first kappa shape index (κ1) is 11.8. The van der Waals surface area contributed by atoms with Crippen molar-refractivity contribution < 1.29 is 9.13 Å². The number of ether oxygens (including phenoxy) is 1. The van der Waals surface area contributed by atoms with E-state index < -0.39 is 11.5 Å². The van der Waals surface area contributed by atoms with Crippen LogP contribution in [0.5, 0.6) is 11.6 Å². The molecule has 0 amide bonds. The van der Waals surface area contributed by atoms with Crippen molar-refractivity contribution in [1.29, 1.82) is 0 Å². The van der Waals surface area contributed by atoms with Gasteiger partial charge in [0.2, 0.25) is 5.88 Å². The number of H-pyrrole nitrogens is 1. The van der Waals surface area contributed by atoms with Crippen LogP contribution in [-0.2, 0) is 0 Å². The van der Waals surface area contributed by atoms with Crippen LogP contribution in [0.1, 0.15) is 0 Å². The molecule has 0 bridgehead atoms. The van der Waals surface area contributed by atoms with Gasteiger partial charge in [-0.25, -0.2) is 14.3 Å². The highest BCUT2D eigenvalue weighted by atomic mass is 79.9. The molecule has 0 aliphatic rings. The molecular weight excluding hydrogens is 319 g/mol. The van der Waals surface area contributed by atoms with Crippen LogP contribution >= 0.6 is 15.9 Å². The van der Waals surface area contributed by atoms with Crippen molar-refractivity contribution in [3.8, 4) is 11.6 Å². The second kappa shape index (κ2) is 4.47. The molecule has 0 saturated heterocycles. The second-order valence-electron chi connectivity index (χ2n) is 3.68. The Morgan fingerprint density at radius 2 is 2.16 bits per heavy atom. The maximum Gasteiger partial charge on any atom is 0.364 e. The van der Waals surface area contributed by atoms with Gasteiger partial charge in [0.25, 0.3) is 0 Å². The Kier molecular flexibility index (Phi) is 2.79. The SMILES string of the molecule is O=c1[nH]nc2ccc(Oc3cc(F)cc(Br)c3)nn12. The van der Waals surface area contributed by atoms with E-state index in [4.69, 9.17) is 4.74 Å². The molecule has 1 aromatic carbocycles. The molecule has 8 heteroatoms. The molecule has 0 aliphatic heterocycles. The first-order valence-corrected chi connectivity index (χ1v) is 5.99. The van der Waals surface area contributed by atoms with E-state index in [9.17, 15) is 9.18 Å². The van der Waals surface area contributed by atoms with Gasteiger partial charge >= 0.3 is 5.69 Å². The number of rotatable bonds is 2. The predicted octanol–water partition coefficient (Wildman–Crippen LogP) is 2.11. The highest BCUT2D eigenvalue weighted by molar-refractivity contribution is 9.10. The quantitative estimate of drug-likeness (QED) is 0.783. The van der Waals surface area contributed by atoms with Gasteiger partial charge in [0.05, 0.1) is 0 Å². The van der Waals surface area contributed by atoms with Crippen molar-refractivity contribution in [3.63, 3.8) is 0 Å². The van der Waals surface area contributed by atoms with Crippen molar-refractivity contribution in [2.24, 2.45) is 0 Å². The Labute approximate surface area is 114 Å². The zero-order valence-electron chi connectivity index (χ0n) is 9.30. The van der Waals surface area contributed by atoms with E-state index in [1.165, 1.54) is 18.2 Å². The number of hydrogen-bond donors (Lipinski definition) is 1. The fourth-order valence-electron chi connectivity index (χ4n) is 1.55. The number of nitrogens with zero attached hydrogens (tertiary/aromatic N) is 3. The Balaban J connectivity index is 2.00. The van der Waals surface area contributed by atoms with Crippen LogP contribution in [-0.4, -0.2) is 19.8 Å². The molecule has 0 atom stereocenters. The van der Waals surface area contributed by atoms with Crippen molar-refractivity contribution in [2.45, 2.75) is 0 Å². The molecule has 3 rings (SSSR count). The van der Waals surface area contributed by atoms with Crippen LogP contribution in [0.15, 0.2) is 39.6 Å². The third-order valence-electron chi connectivity index (χ3n) is 2.31. The Morgan fingerprint density at radius 3 is 2.95 bits per heavy atom. The smallest absolute Gasteiger partial charge is 0.364 e. The lowest BCUT2D eigenvalue weighted by molar-refractivity contribution is 0.447. The molecular formula is C11H6BrFN4O2. The molecule has 6 nitrogen and oxygen atoms in total. The zero-order valence-corrected chi connectivity index (χ0v) is 10.9. The molecule has 2 heterocycles. The molecule has 0 unspecified atom stereocenters. The largest absolute Gasteiger partial charge is 0.437 e. The molecule has 0 spiro atoms. The van der Waals surface area contributed by atoms with Crippen molar-refractivity contribution in [2.75, 3.05) is 0 Å². The lowest BCUT2D eigenvalue weighted by atomic mass is 10.3. The standard InChI is InChI=1S/C11H6BrFN4O2/c12-6-3-7(13)5-8(4-6)19-10-2-1-9-14-15-11(18)17(9)16-10/h1-5H,(H,15,18). The topological polar surface area (TPSA) is 72.3 Å². The van der Waals surface area contributed by atoms with E-state index in [0.29, 0.717) is 10.1 Å². The minimum absolute atomic E-state index is 0.161.